The lowest BCUT2D eigenvalue weighted by molar-refractivity contribution is 0.414. The summed E-state index contributed by atoms with van der Waals surface area (Å²) >= 11 is 1.63. The summed E-state index contributed by atoms with van der Waals surface area (Å²) in [5, 5.41) is 0. The summed E-state index contributed by atoms with van der Waals surface area (Å²) < 4.78 is 26.7. The fourth-order valence-corrected chi connectivity index (χ4v) is 4.33. The van der Waals surface area contributed by atoms with Gasteiger partial charge in [-0.15, -0.1) is 0 Å². The van der Waals surface area contributed by atoms with Crippen LogP contribution in [0.5, 0.6) is 0 Å². The third kappa shape index (κ3) is 3.64. The minimum Gasteiger partial charge on any atom is -0.399 e. The van der Waals surface area contributed by atoms with Gasteiger partial charge < -0.3 is 5.73 Å². The lowest BCUT2D eigenvalue weighted by Gasteiger charge is -2.25. The number of nitrogens with zero attached hydrogens (tertiary/aromatic N) is 1. The number of nitrogen functional groups attached to an aromatic ring is 1. The maximum atomic E-state index is 12.6. The van der Waals surface area contributed by atoms with Gasteiger partial charge in [0.1, 0.15) is 0 Å². The standard InChI is InChI=1S/C13H22N2O2S2/c1-5-11-6-7-12(14)8-13(11)19(16,17)15(3)10(2)9-18-4/h6-8,10H,5,9,14H2,1-4H3. The highest BCUT2D eigenvalue weighted by molar-refractivity contribution is 7.98. The van der Waals surface area contributed by atoms with Crippen LogP contribution in [0.4, 0.5) is 5.69 Å². The minimum absolute atomic E-state index is 0.0499. The summed E-state index contributed by atoms with van der Waals surface area (Å²) in [5.41, 5.74) is 7.00. The summed E-state index contributed by atoms with van der Waals surface area (Å²) in [6.07, 6.45) is 2.63. The van der Waals surface area contributed by atoms with Gasteiger partial charge in [-0.2, -0.15) is 16.1 Å². The van der Waals surface area contributed by atoms with Crippen LogP contribution in [0.2, 0.25) is 0 Å². The van der Waals surface area contributed by atoms with Crippen LogP contribution in [0.3, 0.4) is 0 Å². The van der Waals surface area contributed by atoms with Crippen LogP contribution in [0.25, 0.3) is 0 Å². The molecule has 1 rings (SSSR count). The van der Waals surface area contributed by atoms with Gasteiger partial charge in [0.25, 0.3) is 0 Å². The van der Waals surface area contributed by atoms with Crippen molar-refractivity contribution in [3.8, 4) is 0 Å². The molecule has 0 spiro atoms. The summed E-state index contributed by atoms with van der Waals surface area (Å²) in [4.78, 5) is 0.324. The summed E-state index contributed by atoms with van der Waals surface area (Å²) in [6.45, 7) is 3.85. The van der Waals surface area contributed by atoms with Gasteiger partial charge in [0, 0.05) is 24.5 Å². The summed E-state index contributed by atoms with van der Waals surface area (Å²) in [5.74, 6) is 0.763. The molecule has 1 atom stereocenters. The molecule has 0 amide bonds. The van der Waals surface area contributed by atoms with Gasteiger partial charge in [0.05, 0.1) is 4.90 Å². The molecule has 0 heterocycles. The van der Waals surface area contributed by atoms with E-state index in [1.54, 1.807) is 37.0 Å². The van der Waals surface area contributed by atoms with E-state index in [1.165, 1.54) is 4.31 Å². The number of sulfonamides is 1. The Bertz CT molecular complexity index is 529. The molecule has 0 saturated carbocycles. The van der Waals surface area contributed by atoms with E-state index in [2.05, 4.69) is 0 Å². The molecular weight excluding hydrogens is 280 g/mol. The molecule has 0 aliphatic carbocycles. The number of thioether (sulfide) groups is 1. The highest BCUT2D eigenvalue weighted by Gasteiger charge is 2.27. The van der Waals surface area contributed by atoms with Gasteiger partial charge in [-0.3, -0.25) is 0 Å². The molecule has 1 aromatic rings. The lowest BCUT2D eigenvalue weighted by Crippen LogP contribution is -2.37. The molecule has 19 heavy (non-hydrogen) atoms. The number of rotatable bonds is 6. The van der Waals surface area contributed by atoms with Crippen LogP contribution in [-0.2, 0) is 16.4 Å². The van der Waals surface area contributed by atoms with E-state index >= 15 is 0 Å². The highest BCUT2D eigenvalue weighted by Crippen LogP contribution is 2.24. The second kappa shape index (κ2) is 6.63. The first kappa shape index (κ1) is 16.3. The summed E-state index contributed by atoms with van der Waals surface area (Å²) in [6, 6.07) is 5.03. The maximum absolute atomic E-state index is 12.6. The zero-order chi connectivity index (χ0) is 14.6. The van der Waals surface area contributed by atoms with E-state index in [-0.39, 0.29) is 6.04 Å². The molecule has 6 heteroatoms. The molecule has 4 nitrogen and oxygen atoms in total. The average molecular weight is 302 g/mol. The van der Waals surface area contributed by atoms with E-state index in [0.717, 1.165) is 11.3 Å². The molecule has 0 aliphatic heterocycles. The Hall–Kier alpha value is -0.720. The summed E-state index contributed by atoms with van der Waals surface area (Å²) in [7, 11) is -1.86. The van der Waals surface area contributed by atoms with Crippen molar-refractivity contribution in [1.82, 2.24) is 4.31 Å². The van der Waals surface area contributed by atoms with Crippen LogP contribution in [0.1, 0.15) is 19.4 Å². The van der Waals surface area contributed by atoms with Crippen molar-refractivity contribution >= 4 is 27.5 Å². The number of benzene rings is 1. The van der Waals surface area contributed by atoms with Crippen LogP contribution < -0.4 is 5.73 Å². The average Bonchev–Trinajstić information content (AvgIpc) is 2.38. The smallest absolute Gasteiger partial charge is 0.243 e. The maximum Gasteiger partial charge on any atom is 0.243 e. The normalized spacial score (nSPS) is 13.7. The molecule has 0 bridgehead atoms. The zero-order valence-corrected chi connectivity index (χ0v) is 13.5. The Morgan fingerprint density at radius 1 is 1.42 bits per heavy atom. The second-order valence-electron chi connectivity index (χ2n) is 4.55. The van der Waals surface area contributed by atoms with E-state index in [9.17, 15) is 8.42 Å². The monoisotopic (exact) mass is 302 g/mol. The van der Waals surface area contributed by atoms with Crippen LogP contribution in [0.15, 0.2) is 23.1 Å². The Balaban J connectivity index is 3.23. The molecule has 0 radical (unpaired) electrons. The number of nitrogens with two attached hydrogens (primary N) is 1. The molecule has 0 aliphatic rings. The molecular formula is C13H22N2O2S2. The Kier molecular flexibility index (Phi) is 5.70. The number of aryl methyl sites for hydroxylation is 1. The van der Waals surface area contributed by atoms with E-state index in [1.807, 2.05) is 20.1 Å². The van der Waals surface area contributed by atoms with Crippen molar-refractivity contribution in [1.29, 1.82) is 0 Å². The van der Waals surface area contributed by atoms with Gasteiger partial charge in [0.2, 0.25) is 10.0 Å². The molecule has 0 aromatic heterocycles. The highest BCUT2D eigenvalue weighted by atomic mass is 32.2. The topological polar surface area (TPSA) is 63.4 Å². The molecule has 0 fully saturated rings. The van der Waals surface area contributed by atoms with Crippen LogP contribution in [0, 0.1) is 0 Å². The van der Waals surface area contributed by atoms with Crippen LogP contribution >= 0.6 is 11.8 Å². The molecule has 1 unspecified atom stereocenters. The van der Waals surface area contributed by atoms with E-state index < -0.39 is 10.0 Å². The fraction of sp³-hybridized carbons (Fsp3) is 0.538. The van der Waals surface area contributed by atoms with E-state index in [0.29, 0.717) is 17.0 Å². The Morgan fingerprint density at radius 3 is 2.58 bits per heavy atom. The minimum atomic E-state index is -3.49. The third-order valence-electron chi connectivity index (χ3n) is 3.16. The van der Waals surface area contributed by atoms with Gasteiger partial charge in [-0.25, -0.2) is 8.42 Å². The first-order chi connectivity index (χ1) is 8.84. The van der Waals surface area contributed by atoms with Crippen molar-refractivity contribution in [2.24, 2.45) is 0 Å². The fourth-order valence-electron chi connectivity index (χ4n) is 1.84. The molecule has 108 valence electrons. The largest absolute Gasteiger partial charge is 0.399 e. The molecule has 0 saturated heterocycles. The quantitative estimate of drug-likeness (QED) is 0.818. The van der Waals surface area contributed by atoms with Gasteiger partial charge >= 0.3 is 0 Å². The predicted molar refractivity (Wildman–Crippen MR) is 83.0 cm³/mol. The third-order valence-corrected chi connectivity index (χ3v) is 6.03. The van der Waals surface area contributed by atoms with Crippen molar-refractivity contribution in [3.05, 3.63) is 23.8 Å². The predicted octanol–water partition coefficient (Wildman–Crippen LogP) is 2.20. The first-order valence-corrected chi connectivity index (χ1v) is 9.03. The van der Waals surface area contributed by atoms with Gasteiger partial charge in [-0.1, -0.05) is 13.0 Å². The number of hydrogen-bond acceptors (Lipinski definition) is 4. The number of hydrogen-bond donors (Lipinski definition) is 1. The zero-order valence-electron chi connectivity index (χ0n) is 11.9. The van der Waals surface area contributed by atoms with E-state index in [4.69, 9.17) is 5.73 Å². The lowest BCUT2D eigenvalue weighted by atomic mass is 10.1. The van der Waals surface area contributed by atoms with Crippen molar-refractivity contribution in [2.45, 2.75) is 31.2 Å². The molecule has 1 aromatic carbocycles. The molecule has 2 N–H and O–H groups in total. The SMILES string of the molecule is CCc1ccc(N)cc1S(=O)(=O)N(C)C(C)CSC. The van der Waals surface area contributed by atoms with Crippen LogP contribution in [-0.4, -0.2) is 37.8 Å². The van der Waals surface area contributed by atoms with Crippen molar-refractivity contribution < 1.29 is 8.42 Å². The van der Waals surface area contributed by atoms with Gasteiger partial charge in [-0.05, 0) is 37.3 Å². The number of anilines is 1. The van der Waals surface area contributed by atoms with Gasteiger partial charge in [0.15, 0.2) is 0 Å². The second-order valence-corrected chi connectivity index (χ2v) is 7.42. The first-order valence-electron chi connectivity index (χ1n) is 6.20. The Labute approximate surface area is 120 Å². The van der Waals surface area contributed by atoms with Crippen molar-refractivity contribution in [3.63, 3.8) is 0 Å². The van der Waals surface area contributed by atoms with Crippen molar-refractivity contribution in [2.75, 3.05) is 24.8 Å². The Morgan fingerprint density at radius 2 is 2.05 bits per heavy atom.